The van der Waals surface area contributed by atoms with Crippen molar-refractivity contribution in [1.82, 2.24) is 0 Å². The maximum atomic E-state index is 12.8. The molecule has 1 nitrogen and oxygen atoms in total. The highest BCUT2D eigenvalue weighted by Crippen LogP contribution is 2.22. The summed E-state index contributed by atoms with van der Waals surface area (Å²) in [5, 5.41) is 0. The van der Waals surface area contributed by atoms with Crippen molar-refractivity contribution in [3.63, 3.8) is 0 Å². The Labute approximate surface area is 88.1 Å². The lowest BCUT2D eigenvalue weighted by molar-refractivity contribution is 0.0221. The minimum Gasteiger partial charge on any atom is -0.287 e. The van der Waals surface area contributed by atoms with Crippen LogP contribution in [0.1, 0.15) is 34.0 Å². The molecular weight excluding hydrogens is 198 g/mol. The van der Waals surface area contributed by atoms with Gasteiger partial charge in [0.25, 0.3) is 0 Å². The number of ketones is 1. The van der Waals surface area contributed by atoms with Crippen LogP contribution in [0.3, 0.4) is 0 Å². The molecule has 0 bridgehead atoms. The summed E-state index contributed by atoms with van der Waals surface area (Å²) < 4.78 is 25.6. The Morgan fingerprint density at radius 1 is 1.13 bits per heavy atom. The number of carbonyl (C=O) groups excluding carboxylic acids is 1. The molecule has 0 radical (unpaired) electrons. The fourth-order valence-electron chi connectivity index (χ4n) is 1.42. The lowest BCUT2D eigenvalue weighted by atomic mass is 9.97. The summed E-state index contributed by atoms with van der Waals surface area (Å²) in [5.41, 5.74) is 2.85. The van der Waals surface area contributed by atoms with E-state index in [2.05, 4.69) is 0 Å². The van der Waals surface area contributed by atoms with Gasteiger partial charge in [-0.3, -0.25) is 4.79 Å². The van der Waals surface area contributed by atoms with Gasteiger partial charge < -0.3 is 0 Å². The number of halogens is 2. The summed E-state index contributed by atoms with van der Waals surface area (Å²) in [6.07, 6.45) is 0. The van der Waals surface area contributed by atoms with E-state index in [1.165, 1.54) is 12.1 Å². The van der Waals surface area contributed by atoms with Crippen LogP contribution in [0.4, 0.5) is 8.78 Å². The predicted octanol–water partition coefficient (Wildman–Crippen LogP) is 3.45. The lowest BCUT2D eigenvalue weighted by Gasteiger charge is -2.12. The molecule has 0 spiro atoms. The third-order valence-corrected chi connectivity index (χ3v) is 2.59. The maximum absolute atomic E-state index is 12.8. The Hall–Kier alpha value is -1.25. The van der Waals surface area contributed by atoms with Gasteiger partial charge in [-0.05, 0) is 49.6 Å². The smallest absolute Gasteiger partial charge is 0.287 e. The summed E-state index contributed by atoms with van der Waals surface area (Å²) >= 11 is 0. The third-order valence-electron chi connectivity index (χ3n) is 2.59. The highest BCUT2D eigenvalue weighted by Gasteiger charge is 2.33. The van der Waals surface area contributed by atoms with Crippen molar-refractivity contribution in [3.05, 3.63) is 34.4 Å². The Kier molecular flexibility index (Phi) is 2.93. The molecule has 0 aliphatic heterocycles. The zero-order chi connectivity index (χ0) is 11.8. The number of rotatable bonds is 2. The molecular formula is C12H14F2O. The van der Waals surface area contributed by atoms with E-state index < -0.39 is 11.7 Å². The van der Waals surface area contributed by atoms with Crippen LogP contribution >= 0.6 is 0 Å². The summed E-state index contributed by atoms with van der Waals surface area (Å²) in [6, 6.07) is 3.03. The highest BCUT2D eigenvalue weighted by atomic mass is 19.3. The van der Waals surface area contributed by atoms with Crippen molar-refractivity contribution in [2.24, 2.45) is 0 Å². The zero-order valence-electron chi connectivity index (χ0n) is 9.32. The second-order valence-corrected chi connectivity index (χ2v) is 3.95. The van der Waals surface area contributed by atoms with Crippen molar-refractivity contribution in [1.29, 1.82) is 0 Å². The van der Waals surface area contributed by atoms with Crippen LogP contribution in [0.2, 0.25) is 0 Å². The fourth-order valence-corrected chi connectivity index (χ4v) is 1.42. The van der Waals surface area contributed by atoms with Crippen LogP contribution < -0.4 is 0 Å². The summed E-state index contributed by atoms with van der Waals surface area (Å²) in [6.45, 7) is 6.16. The Morgan fingerprint density at radius 2 is 1.53 bits per heavy atom. The van der Waals surface area contributed by atoms with Crippen molar-refractivity contribution < 1.29 is 13.6 Å². The third kappa shape index (κ3) is 2.41. The minimum absolute atomic E-state index is 0.0862. The first kappa shape index (κ1) is 11.8. The van der Waals surface area contributed by atoms with E-state index in [9.17, 15) is 13.6 Å². The van der Waals surface area contributed by atoms with Crippen LogP contribution in [0.15, 0.2) is 12.1 Å². The van der Waals surface area contributed by atoms with Crippen molar-refractivity contribution in [2.45, 2.75) is 33.6 Å². The van der Waals surface area contributed by atoms with Crippen molar-refractivity contribution >= 4 is 5.78 Å². The first-order chi connectivity index (χ1) is 6.73. The standard InChI is InChI=1S/C12H14F2O/c1-7-5-10(6-8(2)9(7)3)11(15)12(4,13)14/h5-6H,1-4H3. The minimum atomic E-state index is -3.30. The van der Waals surface area contributed by atoms with Gasteiger partial charge in [0.1, 0.15) is 0 Å². The first-order valence-electron chi connectivity index (χ1n) is 4.74. The van der Waals surface area contributed by atoms with Crippen LogP contribution in [0, 0.1) is 20.8 Å². The van der Waals surface area contributed by atoms with E-state index in [1.54, 1.807) is 0 Å². The summed E-state index contributed by atoms with van der Waals surface area (Å²) in [7, 11) is 0. The molecule has 1 aromatic rings. The average molecular weight is 212 g/mol. The first-order valence-corrected chi connectivity index (χ1v) is 4.74. The zero-order valence-corrected chi connectivity index (χ0v) is 9.32. The molecule has 0 saturated heterocycles. The van der Waals surface area contributed by atoms with E-state index in [0.29, 0.717) is 6.92 Å². The molecule has 0 unspecified atom stereocenters. The molecule has 3 heteroatoms. The number of aryl methyl sites for hydroxylation is 2. The van der Waals surface area contributed by atoms with Gasteiger partial charge in [0, 0.05) is 12.5 Å². The van der Waals surface area contributed by atoms with Gasteiger partial charge in [-0.2, -0.15) is 8.78 Å². The molecule has 0 aliphatic rings. The number of benzene rings is 1. The van der Waals surface area contributed by atoms with Crippen LogP contribution in [0.5, 0.6) is 0 Å². The van der Waals surface area contributed by atoms with Gasteiger partial charge in [-0.25, -0.2) is 0 Å². The molecule has 0 aliphatic carbocycles. The van der Waals surface area contributed by atoms with Gasteiger partial charge in [0.15, 0.2) is 0 Å². The fraction of sp³-hybridized carbons (Fsp3) is 0.417. The molecule has 1 aromatic carbocycles. The molecule has 0 N–H and O–H groups in total. The van der Waals surface area contributed by atoms with Crippen molar-refractivity contribution in [2.75, 3.05) is 0 Å². The van der Waals surface area contributed by atoms with E-state index >= 15 is 0 Å². The summed E-state index contributed by atoms with van der Waals surface area (Å²) in [4.78, 5) is 11.3. The second-order valence-electron chi connectivity index (χ2n) is 3.95. The molecule has 0 saturated carbocycles. The predicted molar refractivity (Wildman–Crippen MR) is 55.6 cm³/mol. The van der Waals surface area contributed by atoms with Gasteiger partial charge in [0.2, 0.25) is 5.78 Å². The number of carbonyl (C=O) groups is 1. The molecule has 0 atom stereocenters. The largest absolute Gasteiger partial charge is 0.307 e. The molecule has 0 fully saturated rings. The normalized spacial score (nSPS) is 11.6. The van der Waals surface area contributed by atoms with Crippen LogP contribution in [0.25, 0.3) is 0 Å². The quantitative estimate of drug-likeness (QED) is 0.686. The SMILES string of the molecule is Cc1cc(C(=O)C(C)(F)F)cc(C)c1C. The second kappa shape index (κ2) is 3.72. The highest BCUT2D eigenvalue weighted by molar-refractivity contribution is 6.01. The van der Waals surface area contributed by atoms with E-state index in [1.807, 2.05) is 20.8 Å². The average Bonchev–Trinajstić information content (AvgIpc) is 2.10. The van der Waals surface area contributed by atoms with E-state index in [0.717, 1.165) is 16.7 Å². The van der Waals surface area contributed by atoms with Gasteiger partial charge in [-0.15, -0.1) is 0 Å². The number of hydrogen-bond acceptors (Lipinski definition) is 1. The Bertz CT molecular complexity index is 380. The van der Waals surface area contributed by atoms with Crippen molar-refractivity contribution in [3.8, 4) is 0 Å². The van der Waals surface area contributed by atoms with E-state index in [4.69, 9.17) is 0 Å². The van der Waals surface area contributed by atoms with Gasteiger partial charge >= 0.3 is 5.92 Å². The number of Topliss-reactive ketones (excluding diaryl/α,β-unsaturated/α-hetero) is 1. The topological polar surface area (TPSA) is 17.1 Å². The lowest BCUT2D eigenvalue weighted by Crippen LogP contribution is -2.24. The number of hydrogen-bond donors (Lipinski definition) is 0. The van der Waals surface area contributed by atoms with Crippen LogP contribution in [-0.2, 0) is 0 Å². The molecule has 0 aromatic heterocycles. The molecule has 15 heavy (non-hydrogen) atoms. The molecule has 1 rings (SSSR count). The van der Waals surface area contributed by atoms with Gasteiger partial charge in [0.05, 0.1) is 0 Å². The van der Waals surface area contributed by atoms with E-state index in [-0.39, 0.29) is 5.56 Å². The number of alkyl halides is 2. The summed E-state index contributed by atoms with van der Waals surface area (Å²) in [5.74, 6) is -4.41. The monoisotopic (exact) mass is 212 g/mol. The Balaban J connectivity index is 3.24. The molecule has 82 valence electrons. The molecule has 0 amide bonds. The van der Waals surface area contributed by atoms with Crippen LogP contribution in [-0.4, -0.2) is 11.7 Å². The van der Waals surface area contributed by atoms with Gasteiger partial charge in [-0.1, -0.05) is 0 Å². The maximum Gasteiger partial charge on any atom is 0.307 e. The Morgan fingerprint density at radius 3 is 1.87 bits per heavy atom. The molecule has 0 heterocycles.